The van der Waals surface area contributed by atoms with Crippen molar-refractivity contribution in [3.63, 3.8) is 0 Å². The lowest BCUT2D eigenvalue weighted by Crippen LogP contribution is -2.36. The summed E-state index contributed by atoms with van der Waals surface area (Å²) >= 11 is 0. The average molecular weight is 337 g/mol. The Morgan fingerprint density at radius 1 is 1.04 bits per heavy atom. The van der Waals surface area contributed by atoms with Crippen molar-refractivity contribution in [1.29, 1.82) is 0 Å². The van der Waals surface area contributed by atoms with Gasteiger partial charge in [0.25, 0.3) is 0 Å². The van der Waals surface area contributed by atoms with Gasteiger partial charge in [0.05, 0.1) is 14.2 Å². The van der Waals surface area contributed by atoms with Crippen molar-refractivity contribution in [3.8, 4) is 11.5 Å². The fourth-order valence-electron chi connectivity index (χ4n) is 3.17. The van der Waals surface area contributed by atoms with E-state index >= 15 is 0 Å². The van der Waals surface area contributed by atoms with Crippen LogP contribution in [0.5, 0.6) is 11.5 Å². The quantitative estimate of drug-likeness (QED) is 0.799. The van der Waals surface area contributed by atoms with E-state index in [0.717, 1.165) is 28.9 Å². The minimum Gasteiger partial charge on any atom is -0.493 e. The Hall–Kier alpha value is -2.75. The lowest BCUT2D eigenvalue weighted by atomic mass is 9.98. The highest BCUT2D eigenvalue weighted by atomic mass is 16.5. The van der Waals surface area contributed by atoms with Gasteiger partial charge in [-0.3, -0.25) is 4.79 Å². The highest BCUT2D eigenvalue weighted by molar-refractivity contribution is 5.97. The van der Waals surface area contributed by atoms with Crippen LogP contribution in [0.3, 0.4) is 0 Å². The summed E-state index contributed by atoms with van der Waals surface area (Å²) in [5.41, 5.74) is 4.11. The number of hydrogen-bond donors (Lipinski definition) is 0. The molecular formula is C21H23NO3. The van der Waals surface area contributed by atoms with Crippen molar-refractivity contribution >= 4 is 12.0 Å². The molecule has 1 aliphatic heterocycles. The van der Waals surface area contributed by atoms with Crippen molar-refractivity contribution in [2.45, 2.75) is 19.9 Å². The van der Waals surface area contributed by atoms with Gasteiger partial charge in [-0.25, -0.2) is 0 Å². The zero-order valence-corrected chi connectivity index (χ0v) is 14.9. The molecule has 0 spiro atoms. The summed E-state index contributed by atoms with van der Waals surface area (Å²) in [7, 11) is 3.27. The number of carbonyl (C=O) groups excluding carboxylic acids is 1. The maximum atomic E-state index is 12.8. The molecule has 0 N–H and O–H groups in total. The Labute approximate surface area is 148 Å². The standard InChI is InChI=1S/C21H23NO3/c1-15(11-16-7-5-4-6-8-16)21(23)22-10-9-17-12-19(24-2)20(25-3)13-18(17)14-22/h4-8,11-13H,9-10,14H2,1-3H3/b15-11+. The van der Waals surface area contributed by atoms with Gasteiger partial charge >= 0.3 is 0 Å². The highest BCUT2D eigenvalue weighted by Crippen LogP contribution is 2.33. The average Bonchev–Trinajstić information content (AvgIpc) is 2.66. The lowest BCUT2D eigenvalue weighted by Gasteiger charge is -2.30. The van der Waals surface area contributed by atoms with Crippen LogP contribution in [0.1, 0.15) is 23.6 Å². The van der Waals surface area contributed by atoms with Gasteiger partial charge in [-0.1, -0.05) is 30.3 Å². The van der Waals surface area contributed by atoms with E-state index < -0.39 is 0 Å². The zero-order valence-electron chi connectivity index (χ0n) is 14.9. The summed E-state index contributed by atoms with van der Waals surface area (Å²) in [5, 5.41) is 0. The molecule has 0 saturated carbocycles. The van der Waals surface area contributed by atoms with Gasteiger partial charge < -0.3 is 14.4 Å². The number of amides is 1. The summed E-state index contributed by atoms with van der Waals surface area (Å²) < 4.78 is 10.8. The largest absolute Gasteiger partial charge is 0.493 e. The third kappa shape index (κ3) is 3.68. The second-order valence-electron chi connectivity index (χ2n) is 6.19. The van der Waals surface area contributed by atoms with E-state index in [1.165, 1.54) is 5.56 Å². The molecule has 25 heavy (non-hydrogen) atoms. The van der Waals surface area contributed by atoms with Gasteiger partial charge in [0.1, 0.15) is 0 Å². The zero-order chi connectivity index (χ0) is 17.8. The topological polar surface area (TPSA) is 38.8 Å². The number of methoxy groups -OCH3 is 2. The van der Waals surface area contributed by atoms with Crippen LogP contribution in [0.25, 0.3) is 6.08 Å². The molecule has 0 radical (unpaired) electrons. The summed E-state index contributed by atoms with van der Waals surface area (Å²) in [6, 6.07) is 13.9. The van der Waals surface area contributed by atoms with Gasteiger partial charge in [0, 0.05) is 18.7 Å². The number of benzene rings is 2. The molecule has 2 aromatic rings. The molecule has 1 amide bonds. The fourth-order valence-corrected chi connectivity index (χ4v) is 3.17. The van der Waals surface area contributed by atoms with Gasteiger partial charge in [0.15, 0.2) is 11.5 Å². The first-order chi connectivity index (χ1) is 12.1. The lowest BCUT2D eigenvalue weighted by molar-refractivity contribution is -0.127. The van der Waals surface area contributed by atoms with E-state index in [1.807, 2.05) is 60.4 Å². The van der Waals surface area contributed by atoms with Gasteiger partial charge in [0.2, 0.25) is 5.91 Å². The molecule has 4 nitrogen and oxygen atoms in total. The SMILES string of the molecule is COc1cc2c(cc1OC)CN(C(=O)/C(C)=C/c1ccccc1)CC2. The van der Waals surface area contributed by atoms with E-state index in [-0.39, 0.29) is 5.91 Å². The van der Waals surface area contributed by atoms with Crippen molar-refractivity contribution in [2.24, 2.45) is 0 Å². The fraction of sp³-hybridized carbons (Fsp3) is 0.286. The predicted molar refractivity (Wildman–Crippen MR) is 98.8 cm³/mol. The Kier molecular flexibility index (Phi) is 5.08. The molecule has 0 saturated heterocycles. The molecular weight excluding hydrogens is 314 g/mol. The van der Waals surface area contributed by atoms with Crippen LogP contribution >= 0.6 is 0 Å². The smallest absolute Gasteiger partial charge is 0.249 e. The molecule has 0 bridgehead atoms. The second kappa shape index (κ2) is 7.43. The second-order valence-corrected chi connectivity index (χ2v) is 6.19. The molecule has 130 valence electrons. The van der Waals surface area contributed by atoms with Crippen LogP contribution in [0.15, 0.2) is 48.0 Å². The molecule has 0 atom stereocenters. The predicted octanol–water partition coefficient (Wildman–Crippen LogP) is 3.69. The number of carbonyl (C=O) groups is 1. The van der Waals surface area contributed by atoms with E-state index in [9.17, 15) is 4.79 Å². The first kappa shape index (κ1) is 17.1. The van der Waals surface area contributed by atoms with Crippen LogP contribution < -0.4 is 9.47 Å². The molecule has 4 heteroatoms. The summed E-state index contributed by atoms with van der Waals surface area (Å²) in [4.78, 5) is 14.7. The van der Waals surface area contributed by atoms with Crippen molar-refractivity contribution in [1.82, 2.24) is 4.90 Å². The van der Waals surface area contributed by atoms with E-state index in [1.54, 1.807) is 14.2 Å². The van der Waals surface area contributed by atoms with Crippen LogP contribution in [0.4, 0.5) is 0 Å². The first-order valence-electron chi connectivity index (χ1n) is 8.38. The summed E-state index contributed by atoms with van der Waals surface area (Å²) in [5.74, 6) is 1.51. The number of rotatable bonds is 4. The third-order valence-electron chi connectivity index (χ3n) is 4.53. The number of hydrogen-bond acceptors (Lipinski definition) is 3. The van der Waals surface area contributed by atoms with E-state index in [4.69, 9.17) is 9.47 Å². The first-order valence-corrected chi connectivity index (χ1v) is 8.38. The molecule has 0 aliphatic carbocycles. The van der Waals surface area contributed by atoms with Crippen LogP contribution in [-0.4, -0.2) is 31.6 Å². The minimum absolute atomic E-state index is 0.0734. The third-order valence-corrected chi connectivity index (χ3v) is 4.53. The molecule has 1 aliphatic rings. The van der Waals surface area contributed by atoms with E-state index in [0.29, 0.717) is 18.8 Å². The number of nitrogens with zero attached hydrogens (tertiary/aromatic N) is 1. The van der Waals surface area contributed by atoms with Crippen LogP contribution in [-0.2, 0) is 17.8 Å². The highest BCUT2D eigenvalue weighted by Gasteiger charge is 2.23. The normalized spacial score (nSPS) is 14.0. The molecule has 1 heterocycles. The van der Waals surface area contributed by atoms with Crippen molar-refractivity contribution in [2.75, 3.05) is 20.8 Å². The molecule has 0 aromatic heterocycles. The van der Waals surface area contributed by atoms with Gasteiger partial charge in [-0.2, -0.15) is 0 Å². The monoisotopic (exact) mass is 337 g/mol. The van der Waals surface area contributed by atoms with Crippen molar-refractivity contribution < 1.29 is 14.3 Å². The Balaban J connectivity index is 1.80. The Morgan fingerprint density at radius 2 is 1.68 bits per heavy atom. The molecule has 0 fully saturated rings. The van der Waals surface area contributed by atoms with Crippen molar-refractivity contribution in [3.05, 3.63) is 64.7 Å². The molecule has 3 rings (SSSR count). The number of ether oxygens (including phenoxy) is 2. The van der Waals surface area contributed by atoms with Crippen LogP contribution in [0, 0.1) is 0 Å². The Morgan fingerprint density at radius 3 is 2.32 bits per heavy atom. The van der Waals surface area contributed by atoms with Gasteiger partial charge in [-0.05, 0) is 48.2 Å². The van der Waals surface area contributed by atoms with Crippen LogP contribution in [0.2, 0.25) is 0 Å². The molecule has 2 aromatic carbocycles. The maximum absolute atomic E-state index is 12.8. The van der Waals surface area contributed by atoms with Gasteiger partial charge in [-0.15, -0.1) is 0 Å². The summed E-state index contributed by atoms with van der Waals surface area (Å²) in [6.45, 7) is 3.18. The number of fused-ring (bicyclic) bond motifs is 1. The molecule has 0 unspecified atom stereocenters. The van der Waals surface area contributed by atoms with E-state index in [2.05, 4.69) is 0 Å². The maximum Gasteiger partial charge on any atom is 0.249 e. The summed E-state index contributed by atoms with van der Waals surface area (Å²) in [6.07, 6.45) is 2.76. The Bertz CT molecular complexity index is 796. The minimum atomic E-state index is 0.0734.